The van der Waals surface area contributed by atoms with E-state index in [0.29, 0.717) is 27.6 Å². The number of halogens is 1. The Bertz CT molecular complexity index is 1050. The Balaban J connectivity index is 1.84. The van der Waals surface area contributed by atoms with Crippen molar-refractivity contribution in [2.75, 3.05) is 19.8 Å². The standard InChI is InChI=1S/C18H19FN2O5S/c1-10-2-14-13(6-20-10)4-11-3-12(17(22)23)5-15(11)16(14)27(24,25)21-7-18(19)8-26-9-18/h2,4,6,12,21H,3,5,7-9H2,1H3,(H,22,23). The molecular formula is C18H19FN2O5S. The van der Waals surface area contributed by atoms with Crippen LogP contribution in [0.3, 0.4) is 0 Å². The molecule has 7 nitrogen and oxygen atoms in total. The molecule has 0 radical (unpaired) electrons. The minimum atomic E-state index is -4.05. The lowest BCUT2D eigenvalue weighted by molar-refractivity contribution is -0.141. The zero-order valence-corrected chi connectivity index (χ0v) is 15.5. The SMILES string of the molecule is Cc1cc2c(S(=O)(=O)NCC3(F)COC3)c3c(cc2cn1)CC(C(=O)O)C3. The van der Waals surface area contributed by atoms with Crippen molar-refractivity contribution in [3.05, 3.63) is 35.2 Å². The van der Waals surface area contributed by atoms with Crippen LogP contribution in [0.15, 0.2) is 23.2 Å². The number of aliphatic carboxylic acids is 1. The Morgan fingerprint density at radius 1 is 1.41 bits per heavy atom. The second-order valence-corrected chi connectivity index (χ2v) is 9.01. The molecule has 4 rings (SSSR count). The number of aromatic nitrogens is 1. The number of benzene rings is 1. The summed E-state index contributed by atoms with van der Waals surface area (Å²) in [5.74, 6) is -1.64. The summed E-state index contributed by atoms with van der Waals surface area (Å²) < 4.78 is 47.6. The molecule has 1 atom stereocenters. The predicted molar refractivity (Wildman–Crippen MR) is 94.9 cm³/mol. The molecule has 27 heavy (non-hydrogen) atoms. The number of carboxylic acids is 1. The van der Waals surface area contributed by atoms with Gasteiger partial charge in [0.05, 0.1) is 24.0 Å². The molecule has 2 heterocycles. The van der Waals surface area contributed by atoms with E-state index in [1.807, 2.05) is 0 Å². The third-order valence-electron chi connectivity index (χ3n) is 5.14. The van der Waals surface area contributed by atoms with Crippen LogP contribution in [0, 0.1) is 12.8 Å². The van der Waals surface area contributed by atoms with Gasteiger partial charge in [0.15, 0.2) is 5.67 Å². The van der Waals surface area contributed by atoms with Crippen molar-refractivity contribution in [3.63, 3.8) is 0 Å². The quantitative estimate of drug-likeness (QED) is 0.793. The van der Waals surface area contributed by atoms with Gasteiger partial charge in [0.1, 0.15) is 0 Å². The highest BCUT2D eigenvalue weighted by atomic mass is 32.2. The molecule has 0 saturated carbocycles. The van der Waals surface area contributed by atoms with E-state index in [0.717, 1.165) is 0 Å². The Kier molecular flexibility index (Phi) is 4.21. The molecule has 1 saturated heterocycles. The van der Waals surface area contributed by atoms with Crippen LogP contribution in [0.2, 0.25) is 0 Å². The van der Waals surface area contributed by atoms with Crippen molar-refractivity contribution >= 4 is 26.8 Å². The summed E-state index contributed by atoms with van der Waals surface area (Å²) >= 11 is 0. The molecule has 2 N–H and O–H groups in total. The zero-order valence-electron chi connectivity index (χ0n) is 14.7. The van der Waals surface area contributed by atoms with E-state index in [4.69, 9.17) is 4.74 Å². The van der Waals surface area contributed by atoms with Gasteiger partial charge in [-0.05, 0) is 43.0 Å². The Hall–Kier alpha value is -2.10. The van der Waals surface area contributed by atoms with Gasteiger partial charge >= 0.3 is 5.97 Å². The van der Waals surface area contributed by atoms with Crippen LogP contribution in [0.1, 0.15) is 16.8 Å². The van der Waals surface area contributed by atoms with Crippen LogP contribution in [0.25, 0.3) is 10.8 Å². The van der Waals surface area contributed by atoms with E-state index >= 15 is 0 Å². The van der Waals surface area contributed by atoms with Gasteiger partial charge in [-0.25, -0.2) is 17.5 Å². The number of ether oxygens (including phenoxy) is 1. The molecule has 144 valence electrons. The molecule has 1 aromatic carbocycles. The van der Waals surface area contributed by atoms with Crippen LogP contribution in [0.5, 0.6) is 0 Å². The summed E-state index contributed by atoms with van der Waals surface area (Å²) in [5, 5.41) is 10.5. The number of nitrogens with one attached hydrogen (secondary N) is 1. The van der Waals surface area contributed by atoms with E-state index in [1.54, 1.807) is 25.3 Å². The van der Waals surface area contributed by atoms with Crippen molar-refractivity contribution in [3.8, 4) is 0 Å². The smallest absolute Gasteiger partial charge is 0.307 e. The summed E-state index contributed by atoms with van der Waals surface area (Å²) in [4.78, 5) is 15.7. The number of hydrogen-bond acceptors (Lipinski definition) is 5. The highest BCUT2D eigenvalue weighted by molar-refractivity contribution is 7.89. The number of pyridine rings is 1. The number of alkyl halides is 1. The van der Waals surface area contributed by atoms with Gasteiger partial charge in [-0.15, -0.1) is 0 Å². The molecule has 0 spiro atoms. The van der Waals surface area contributed by atoms with Crippen molar-refractivity contribution in [2.24, 2.45) is 5.92 Å². The molecule has 1 aliphatic carbocycles. The first-order valence-electron chi connectivity index (χ1n) is 8.59. The molecule has 9 heteroatoms. The molecule has 1 fully saturated rings. The fourth-order valence-electron chi connectivity index (χ4n) is 3.66. The maximum absolute atomic E-state index is 14.2. The number of rotatable bonds is 5. The monoisotopic (exact) mass is 394 g/mol. The molecule has 0 amide bonds. The van der Waals surface area contributed by atoms with Gasteiger partial charge in [-0.3, -0.25) is 9.78 Å². The van der Waals surface area contributed by atoms with Crippen LogP contribution in [0.4, 0.5) is 4.39 Å². The maximum Gasteiger partial charge on any atom is 0.307 e. The summed E-state index contributed by atoms with van der Waals surface area (Å²) in [5.41, 5.74) is 0.108. The van der Waals surface area contributed by atoms with E-state index in [-0.39, 0.29) is 37.5 Å². The number of carbonyl (C=O) groups is 1. The van der Waals surface area contributed by atoms with E-state index in [1.165, 1.54) is 0 Å². The molecule has 1 aliphatic heterocycles. The molecule has 1 aromatic heterocycles. The van der Waals surface area contributed by atoms with Gasteiger partial charge in [-0.2, -0.15) is 0 Å². The van der Waals surface area contributed by atoms with Crippen molar-refractivity contribution < 1.29 is 27.4 Å². The minimum Gasteiger partial charge on any atom is -0.481 e. The first-order chi connectivity index (χ1) is 12.7. The highest BCUT2D eigenvalue weighted by Gasteiger charge is 2.41. The van der Waals surface area contributed by atoms with E-state index in [2.05, 4.69) is 9.71 Å². The van der Waals surface area contributed by atoms with Gasteiger partial charge in [0, 0.05) is 29.2 Å². The van der Waals surface area contributed by atoms with Crippen LogP contribution < -0.4 is 4.72 Å². The molecule has 1 unspecified atom stereocenters. The van der Waals surface area contributed by atoms with Gasteiger partial charge in [0.25, 0.3) is 0 Å². The highest BCUT2D eigenvalue weighted by Crippen LogP contribution is 2.37. The van der Waals surface area contributed by atoms with Gasteiger partial charge in [-0.1, -0.05) is 0 Å². The van der Waals surface area contributed by atoms with Crippen LogP contribution >= 0.6 is 0 Å². The Morgan fingerprint density at radius 3 is 2.78 bits per heavy atom. The largest absolute Gasteiger partial charge is 0.481 e. The van der Waals surface area contributed by atoms with Crippen LogP contribution in [-0.4, -0.2) is 49.9 Å². The summed E-state index contributed by atoms with van der Waals surface area (Å²) in [6.45, 7) is 1.08. The molecule has 2 aliphatic rings. The number of sulfonamides is 1. The van der Waals surface area contributed by atoms with Crippen molar-refractivity contribution in [2.45, 2.75) is 30.3 Å². The number of hydrogen-bond donors (Lipinski definition) is 2. The lowest BCUT2D eigenvalue weighted by Crippen LogP contribution is -2.53. The first-order valence-corrected chi connectivity index (χ1v) is 10.1. The van der Waals surface area contributed by atoms with Crippen molar-refractivity contribution in [1.29, 1.82) is 0 Å². The predicted octanol–water partition coefficient (Wildman–Crippen LogP) is 1.36. The third kappa shape index (κ3) is 3.19. The summed E-state index contributed by atoms with van der Waals surface area (Å²) in [6, 6.07) is 3.46. The topological polar surface area (TPSA) is 106 Å². The van der Waals surface area contributed by atoms with Gasteiger partial charge < -0.3 is 9.84 Å². The average molecular weight is 394 g/mol. The van der Waals surface area contributed by atoms with E-state index < -0.39 is 27.6 Å². The zero-order chi connectivity index (χ0) is 19.4. The number of nitrogens with zero attached hydrogens (tertiary/aromatic N) is 1. The number of carboxylic acid groups (broad SMARTS) is 1. The Morgan fingerprint density at radius 2 is 2.15 bits per heavy atom. The number of fused-ring (bicyclic) bond motifs is 2. The van der Waals surface area contributed by atoms with E-state index in [9.17, 15) is 22.7 Å². The number of aryl methyl sites for hydroxylation is 1. The second kappa shape index (κ2) is 6.22. The maximum atomic E-state index is 14.2. The first kappa shape index (κ1) is 18.3. The van der Waals surface area contributed by atoms with Crippen molar-refractivity contribution in [1.82, 2.24) is 9.71 Å². The fraction of sp³-hybridized carbons (Fsp3) is 0.444. The minimum absolute atomic E-state index is 0.0353. The lowest BCUT2D eigenvalue weighted by Gasteiger charge is -2.33. The summed E-state index contributed by atoms with van der Waals surface area (Å²) in [6.07, 6.45) is 1.97. The molecular weight excluding hydrogens is 375 g/mol. The van der Waals surface area contributed by atoms with Gasteiger partial charge in [0.2, 0.25) is 10.0 Å². The average Bonchev–Trinajstić information content (AvgIpc) is 2.99. The molecule has 0 bridgehead atoms. The molecule has 2 aromatic rings. The third-order valence-corrected chi connectivity index (χ3v) is 6.67. The Labute approximate surface area is 155 Å². The lowest BCUT2D eigenvalue weighted by atomic mass is 10.0. The second-order valence-electron chi connectivity index (χ2n) is 7.30. The fourth-order valence-corrected chi connectivity index (χ4v) is 5.26. The summed E-state index contributed by atoms with van der Waals surface area (Å²) in [7, 11) is -4.05. The van der Waals surface area contributed by atoms with Crippen LogP contribution in [-0.2, 0) is 32.4 Å². The normalized spacial score (nSPS) is 21.0.